The molecule has 1 aliphatic heterocycles. The number of nitrogens with zero attached hydrogens (tertiary/aromatic N) is 3. The van der Waals surface area contributed by atoms with Crippen LogP contribution in [0.5, 0.6) is 11.5 Å². The minimum absolute atomic E-state index is 0.127. The van der Waals surface area contributed by atoms with Crippen LogP contribution >= 0.6 is 0 Å². The van der Waals surface area contributed by atoms with Gasteiger partial charge in [0.2, 0.25) is 0 Å². The highest BCUT2D eigenvalue weighted by atomic mass is 16.3. The highest BCUT2D eigenvalue weighted by Crippen LogP contribution is 2.46. The minimum atomic E-state index is 0.127. The zero-order valence-electron chi connectivity index (χ0n) is 26.2. The van der Waals surface area contributed by atoms with E-state index in [1.54, 1.807) is 12.1 Å². The van der Waals surface area contributed by atoms with Crippen LogP contribution in [0.4, 0.5) is 28.4 Å². The molecule has 8 aromatic rings. The maximum Gasteiger partial charge on any atom is 0.143 e. The Kier molecular flexibility index (Phi) is 6.36. The smallest absolute Gasteiger partial charge is 0.143 e. The van der Waals surface area contributed by atoms with Crippen molar-refractivity contribution in [1.82, 2.24) is 0 Å². The van der Waals surface area contributed by atoms with Gasteiger partial charge in [-0.15, -0.1) is 0 Å². The quantitative estimate of drug-likeness (QED) is 0.118. The van der Waals surface area contributed by atoms with Crippen LogP contribution in [0.3, 0.4) is 0 Å². The molecule has 0 aliphatic carbocycles. The lowest BCUT2D eigenvalue weighted by Crippen LogP contribution is -2.42. The lowest BCUT2D eigenvalue weighted by molar-refractivity contribution is 0.475. The zero-order chi connectivity index (χ0) is 32.4. The normalized spacial score (nSPS) is 12.9. The van der Waals surface area contributed by atoms with Crippen LogP contribution in [0.1, 0.15) is 5.56 Å². The van der Waals surface area contributed by atoms with E-state index < -0.39 is 0 Å². The van der Waals surface area contributed by atoms with E-state index in [0.717, 1.165) is 61.0 Å². The third-order valence-electron chi connectivity index (χ3n) is 9.34. The maximum atomic E-state index is 11.3. The van der Waals surface area contributed by atoms with Crippen molar-refractivity contribution >= 4 is 72.3 Å². The average molecular weight is 633 g/mol. The second kappa shape index (κ2) is 10.9. The van der Waals surface area contributed by atoms with Crippen LogP contribution in [0.25, 0.3) is 43.9 Å². The number of benzene rings is 6. The molecule has 2 aromatic heterocycles. The van der Waals surface area contributed by atoms with Crippen molar-refractivity contribution in [3.63, 3.8) is 0 Å². The second-order valence-corrected chi connectivity index (χ2v) is 12.3. The molecule has 0 spiro atoms. The topological polar surface area (TPSA) is 88.5 Å². The molecule has 236 valence electrons. The van der Waals surface area contributed by atoms with Gasteiger partial charge in [-0.3, -0.25) is 0 Å². The number of fused-ring (bicyclic) bond motifs is 7. The molecule has 9 rings (SSSR count). The predicted octanol–water partition coefficient (Wildman–Crippen LogP) is 9.65. The Labute approximate surface area is 276 Å². The summed E-state index contributed by atoms with van der Waals surface area (Å²) >= 11 is 0. The number of rotatable bonds is 7. The third-order valence-corrected chi connectivity index (χ3v) is 9.34. The fourth-order valence-corrected chi connectivity index (χ4v) is 6.99. The number of aromatic hydroxyl groups is 2. The molecule has 0 radical (unpaired) electrons. The summed E-state index contributed by atoms with van der Waals surface area (Å²) in [5.74, 6) is 0.287. The molecule has 0 unspecified atom stereocenters. The first-order chi connectivity index (χ1) is 23.5. The standard InChI is InChI=1S/C40H32N4O4/c1-25-10-2-5-13-31(25)42(22-41-30-18-28-26-11-3-8-16-37(26)47-39(28)20-35(30)45)23-43-24-44(33-15-7-6-14-32(33)43)34-19-29-27-12-4-9-17-38(27)48-40(29)21-36(34)46/h2-21,41,45-46H,22-24H2,1H3. The summed E-state index contributed by atoms with van der Waals surface area (Å²) < 4.78 is 12.0. The molecule has 1 aliphatic rings. The summed E-state index contributed by atoms with van der Waals surface area (Å²) in [4.78, 5) is 6.71. The fraction of sp³-hybridized carbons (Fsp3) is 0.100. The summed E-state index contributed by atoms with van der Waals surface area (Å²) in [7, 11) is 0. The molecule has 48 heavy (non-hydrogen) atoms. The van der Waals surface area contributed by atoms with E-state index in [0.29, 0.717) is 36.9 Å². The molecule has 3 heterocycles. The Morgan fingerprint density at radius 1 is 0.625 bits per heavy atom. The van der Waals surface area contributed by atoms with Crippen LogP contribution in [0, 0.1) is 6.92 Å². The highest BCUT2D eigenvalue weighted by molar-refractivity contribution is 6.08. The Bertz CT molecular complexity index is 2500. The van der Waals surface area contributed by atoms with Crippen LogP contribution in [-0.2, 0) is 0 Å². The number of para-hydroxylation sites is 5. The number of phenols is 2. The predicted molar refractivity (Wildman–Crippen MR) is 194 cm³/mol. The van der Waals surface area contributed by atoms with Gasteiger partial charge in [0.05, 0.1) is 42.8 Å². The number of aryl methyl sites for hydroxylation is 1. The first-order valence-corrected chi connectivity index (χ1v) is 16.0. The van der Waals surface area contributed by atoms with E-state index in [-0.39, 0.29) is 11.5 Å². The second-order valence-electron chi connectivity index (χ2n) is 12.3. The summed E-state index contributed by atoms with van der Waals surface area (Å²) in [6.45, 7) is 3.60. The van der Waals surface area contributed by atoms with Gasteiger partial charge in [0, 0.05) is 39.4 Å². The van der Waals surface area contributed by atoms with E-state index in [2.05, 4.69) is 51.2 Å². The highest BCUT2D eigenvalue weighted by Gasteiger charge is 2.30. The Morgan fingerprint density at radius 2 is 1.23 bits per heavy atom. The first kappa shape index (κ1) is 28.0. The van der Waals surface area contributed by atoms with E-state index in [1.807, 2.05) is 84.9 Å². The van der Waals surface area contributed by atoms with Gasteiger partial charge < -0.3 is 39.1 Å². The number of furan rings is 2. The lowest BCUT2D eigenvalue weighted by Gasteiger charge is -2.33. The van der Waals surface area contributed by atoms with Gasteiger partial charge in [0.1, 0.15) is 33.8 Å². The van der Waals surface area contributed by atoms with Crippen molar-refractivity contribution in [2.45, 2.75) is 6.92 Å². The first-order valence-electron chi connectivity index (χ1n) is 16.0. The number of hydrogen-bond donors (Lipinski definition) is 3. The summed E-state index contributed by atoms with van der Waals surface area (Å²) in [6, 6.07) is 39.8. The van der Waals surface area contributed by atoms with Gasteiger partial charge in [-0.05, 0) is 55.0 Å². The van der Waals surface area contributed by atoms with Crippen molar-refractivity contribution in [1.29, 1.82) is 0 Å². The van der Waals surface area contributed by atoms with Gasteiger partial charge in [-0.1, -0.05) is 66.7 Å². The van der Waals surface area contributed by atoms with Crippen molar-refractivity contribution in [2.75, 3.05) is 40.0 Å². The van der Waals surface area contributed by atoms with E-state index in [4.69, 9.17) is 8.83 Å². The van der Waals surface area contributed by atoms with Crippen LogP contribution in [-0.4, -0.2) is 30.2 Å². The van der Waals surface area contributed by atoms with Crippen LogP contribution in [0.15, 0.2) is 130 Å². The van der Waals surface area contributed by atoms with Crippen molar-refractivity contribution in [3.05, 3.63) is 127 Å². The SMILES string of the molecule is Cc1ccccc1N(CNc1cc2c(cc1O)oc1ccccc12)CN1CN(c2cc3c(cc2O)oc2ccccc23)c2ccccc21. The van der Waals surface area contributed by atoms with Gasteiger partial charge in [0.15, 0.2) is 0 Å². The van der Waals surface area contributed by atoms with Gasteiger partial charge in [-0.2, -0.15) is 0 Å². The van der Waals surface area contributed by atoms with E-state index in [9.17, 15) is 10.2 Å². The molecular weight excluding hydrogens is 600 g/mol. The van der Waals surface area contributed by atoms with Crippen molar-refractivity contribution < 1.29 is 19.0 Å². The molecule has 0 fully saturated rings. The number of hydrogen-bond acceptors (Lipinski definition) is 8. The molecule has 6 aromatic carbocycles. The molecule has 8 nitrogen and oxygen atoms in total. The Hall–Kier alpha value is -6.28. The molecule has 0 saturated heterocycles. The van der Waals surface area contributed by atoms with E-state index in [1.165, 1.54) is 0 Å². The summed E-state index contributed by atoms with van der Waals surface area (Å²) in [5, 5.41) is 29.7. The fourth-order valence-electron chi connectivity index (χ4n) is 6.99. The number of phenolic OH excluding ortho intramolecular Hbond substituents is 2. The minimum Gasteiger partial charge on any atom is -0.506 e. The molecule has 0 amide bonds. The van der Waals surface area contributed by atoms with Crippen LogP contribution in [0.2, 0.25) is 0 Å². The number of anilines is 5. The summed E-state index contributed by atoms with van der Waals surface area (Å²) in [6.07, 6.45) is 0. The largest absolute Gasteiger partial charge is 0.506 e. The van der Waals surface area contributed by atoms with Gasteiger partial charge in [0.25, 0.3) is 0 Å². The van der Waals surface area contributed by atoms with Gasteiger partial charge in [-0.25, -0.2) is 0 Å². The third kappa shape index (κ3) is 4.52. The van der Waals surface area contributed by atoms with Crippen LogP contribution < -0.4 is 20.0 Å². The molecule has 3 N–H and O–H groups in total. The van der Waals surface area contributed by atoms with E-state index >= 15 is 0 Å². The summed E-state index contributed by atoms with van der Waals surface area (Å²) in [5.41, 5.74) is 8.50. The molecule has 0 saturated carbocycles. The molecule has 8 heteroatoms. The maximum absolute atomic E-state index is 11.3. The Balaban J connectivity index is 1.06. The molecule has 0 bridgehead atoms. The Morgan fingerprint density at radius 3 is 1.96 bits per heavy atom. The monoisotopic (exact) mass is 632 g/mol. The van der Waals surface area contributed by atoms with Crippen molar-refractivity contribution in [3.8, 4) is 11.5 Å². The molecule has 0 atom stereocenters. The average Bonchev–Trinajstić information content (AvgIpc) is 3.77. The number of nitrogens with one attached hydrogen (secondary N) is 1. The zero-order valence-corrected chi connectivity index (χ0v) is 26.2. The molecular formula is C40H32N4O4. The lowest BCUT2D eigenvalue weighted by atomic mass is 10.1. The van der Waals surface area contributed by atoms with Crippen molar-refractivity contribution in [2.24, 2.45) is 0 Å². The van der Waals surface area contributed by atoms with Gasteiger partial charge >= 0.3 is 0 Å².